The monoisotopic (exact) mass is 249 g/mol. The second-order valence-corrected chi connectivity index (χ2v) is 3.99. The molecule has 0 spiro atoms. The molecule has 0 aliphatic rings. The van der Waals surface area contributed by atoms with Gasteiger partial charge in [0.2, 0.25) is 0 Å². The number of nitrogens with two attached hydrogens (primary N) is 1. The van der Waals surface area contributed by atoms with Crippen molar-refractivity contribution in [1.82, 2.24) is 0 Å². The molecule has 2 rings (SSSR count). The molecule has 2 nitrogen and oxygen atoms in total. The Labute approximate surface area is 104 Å². The number of nitrogen functional groups attached to an aromatic ring is 1. The van der Waals surface area contributed by atoms with Crippen LogP contribution in [-0.4, -0.2) is 0 Å². The summed E-state index contributed by atoms with van der Waals surface area (Å²) in [4.78, 5) is 0. The molecule has 0 fully saturated rings. The summed E-state index contributed by atoms with van der Waals surface area (Å²) < 4.78 is 31.4. The topological polar surface area (TPSA) is 35.2 Å². The van der Waals surface area contributed by atoms with Crippen molar-refractivity contribution in [2.75, 3.05) is 5.73 Å². The summed E-state index contributed by atoms with van der Waals surface area (Å²) in [7, 11) is 0. The average molecular weight is 249 g/mol. The molecule has 0 unspecified atom stereocenters. The molecule has 0 amide bonds. The maximum atomic E-state index is 13.3. The van der Waals surface area contributed by atoms with E-state index >= 15 is 0 Å². The first-order chi connectivity index (χ1) is 8.58. The molecule has 4 heteroatoms. The predicted octanol–water partition coefficient (Wildman–Crippen LogP) is 3.43. The third-order valence-corrected chi connectivity index (χ3v) is 2.76. The minimum Gasteiger partial charge on any atom is -0.486 e. The standard InChI is InChI=1S/C14H13F2NO/c1-9-10(3-2-4-13(9)17)8-18-14-6-5-11(15)7-12(14)16/h2-7H,8,17H2,1H3. The summed E-state index contributed by atoms with van der Waals surface area (Å²) in [5.74, 6) is -1.31. The van der Waals surface area contributed by atoms with Crippen LogP contribution in [0.5, 0.6) is 5.75 Å². The van der Waals surface area contributed by atoms with Crippen molar-refractivity contribution in [2.45, 2.75) is 13.5 Å². The zero-order chi connectivity index (χ0) is 13.1. The highest BCUT2D eigenvalue weighted by molar-refractivity contribution is 5.49. The quantitative estimate of drug-likeness (QED) is 0.846. The Balaban J connectivity index is 2.14. The molecule has 0 saturated carbocycles. The third kappa shape index (κ3) is 2.59. The van der Waals surface area contributed by atoms with Crippen molar-refractivity contribution in [2.24, 2.45) is 0 Å². The molecule has 0 aromatic heterocycles. The summed E-state index contributed by atoms with van der Waals surface area (Å²) in [6, 6.07) is 8.67. The van der Waals surface area contributed by atoms with Crippen LogP contribution >= 0.6 is 0 Å². The Kier molecular flexibility index (Phi) is 3.46. The van der Waals surface area contributed by atoms with E-state index in [2.05, 4.69) is 0 Å². The first-order valence-corrected chi connectivity index (χ1v) is 5.50. The van der Waals surface area contributed by atoms with Gasteiger partial charge in [0, 0.05) is 11.8 Å². The molecule has 18 heavy (non-hydrogen) atoms. The van der Waals surface area contributed by atoms with Crippen LogP contribution in [0.1, 0.15) is 11.1 Å². The molecule has 0 heterocycles. The minimum absolute atomic E-state index is 0.0261. The third-order valence-electron chi connectivity index (χ3n) is 2.76. The fourth-order valence-electron chi connectivity index (χ4n) is 1.61. The lowest BCUT2D eigenvalue weighted by atomic mass is 10.1. The molecule has 0 bridgehead atoms. The van der Waals surface area contributed by atoms with E-state index in [0.29, 0.717) is 5.69 Å². The molecule has 2 aromatic carbocycles. The number of hydrogen-bond acceptors (Lipinski definition) is 2. The van der Waals surface area contributed by atoms with E-state index < -0.39 is 11.6 Å². The summed E-state index contributed by atoms with van der Waals surface area (Å²) in [6.45, 7) is 2.06. The predicted molar refractivity (Wildman–Crippen MR) is 66.3 cm³/mol. The van der Waals surface area contributed by atoms with Gasteiger partial charge in [-0.3, -0.25) is 0 Å². The number of hydrogen-bond donors (Lipinski definition) is 1. The molecule has 2 N–H and O–H groups in total. The Bertz CT molecular complexity index is 570. The van der Waals surface area contributed by atoms with Crippen LogP contribution < -0.4 is 10.5 Å². The van der Waals surface area contributed by atoms with E-state index in [1.165, 1.54) is 6.07 Å². The van der Waals surface area contributed by atoms with Gasteiger partial charge in [-0.15, -0.1) is 0 Å². The minimum atomic E-state index is -0.712. The second kappa shape index (κ2) is 5.04. The fourth-order valence-corrected chi connectivity index (χ4v) is 1.61. The Morgan fingerprint density at radius 2 is 1.94 bits per heavy atom. The first kappa shape index (κ1) is 12.4. The van der Waals surface area contributed by atoms with Crippen molar-refractivity contribution >= 4 is 5.69 Å². The summed E-state index contributed by atoms with van der Waals surface area (Å²) in [5.41, 5.74) is 8.20. The van der Waals surface area contributed by atoms with Crippen molar-refractivity contribution in [3.05, 3.63) is 59.2 Å². The van der Waals surface area contributed by atoms with Gasteiger partial charge in [-0.25, -0.2) is 8.78 Å². The highest BCUT2D eigenvalue weighted by Crippen LogP contribution is 2.21. The zero-order valence-electron chi connectivity index (χ0n) is 9.91. The number of anilines is 1. The van der Waals surface area contributed by atoms with E-state index in [9.17, 15) is 8.78 Å². The van der Waals surface area contributed by atoms with Gasteiger partial charge in [0.05, 0.1) is 0 Å². The lowest BCUT2D eigenvalue weighted by Crippen LogP contribution is -2.01. The van der Waals surface area contributed by atoms with Gasteiger partial charge in [0.25, 0.3) is 0 Å². The van der Waals surface area contributed by atoms with Crippen LogP contribution in [0.2, 0.25) is 0 Å². The Morgan fingerprint density at radius 3 is 2.67 bits per heavy atom. The Hall–Kier alpha value is -2.10. The van der Waals surface area contributed by atoms with Crippen LogP contribution in [0.15, 0.2) is 36.4 Å². The average Bonchev–Trinajstić information content (AvgIpc) is 2.33. The summed E-state index contributed by atoms with van der Waals surface area (Å²) in [6.07, 6.45) is 0. The molecule has 0 saturated heterocycles. The highest BCUT2D eigenvalue weighted by Gasteiger charge is 2.07. The molecular formula is C14H13F2NO. The van der Waals surface area contributed by atoms with Crippen molar-refractivity contribution < 1.29 is 13.5 Å². The van der Waals surface area contributed by atoms with Gasteiger partial charge in [-0.05, 0) is 36.2 Å². The highest BCUT2D eigenvalue weighted by atomic mass is 19.1. The van der Waals surface area contributed by atoms with E-state index in [0.717, 1.165) is 23.3 Å². The summed E-state index contributed by atoms with van der Waals surface area (Å²) >= 11 is 0. The van der Waals surface area contributed by atoms with Crippen LogP contribution in [0, 0.1) is 18.6 Å². The smallest absolute Gasteiger partial charge is 0.167 e. The van der Waals surface area contributed by atoms with Gasteiger partial charge in [0.1, 0.15) is 12.4 Å². The van der Waals surface area contributed by atoms with Gasteiger partial charge in [-0.1, -0.05) is 12.1 Å². The van der Waals surface area contributed by atoms with Gasteiger partial charge in [-0.2, -0.15) is 0 Å². The molecule has 94 valence electrons. The molecule has 0 radical (unpaired) electrons. The van der Waals surface area contributed by atoms with Crippen LogP contribution in [0.4, 0.5) is 14.5 Å². The van der Waals surface area contributed by atoms with Gasteiger partial charge < -0.3 is 10.5 Å². The SMILES string of the molecule is Cc1c(N)cccc1COc1ccc(F)cc1F. The van der Waals surface area contributed by atoms with E-state index in [4.69, 9.17) is 10.5 Å². The fraction of sp³-hybridized carbons (Fsp3) is 0.143. The molecule has 0 aliphatic heterocycles. The largest absolute Gasteiger partial charge is 0.486 e. The first-order valence-electron chi connectivity index (χ1n) is 5.50. The van der Waals surface area contributed by atoms with Crippen molar-refractivity contribution in [3.8, 4) is 5.75 Å². The molecule has 2 aromatic rings. The molecule has 0 aliphatic carbocycles. The molecular weight excluding hydrogens is 236 g/mol. The van der Waals surface area contributed by atoms with Crippen molar-refractivity contribution in [3.63, 3.8) is 0 Å². The Morgan fingerprint density at radius 1 is 1.17 bits per heavy atom. The number of ether oxygens (including phenoxy) is 1. The van der Waals surface area contributed by atoms with Crippen LogP contribution in [0.25, 0.3) is 0 Å². The van der Waals surface area contributed by atoms with Gasteiger partial charge in [0.15, 0.2) is 11.6 Å². The summed E-state index contributed by atoms with van der Waals surface area (Å²) in [5, 5.41) is 0. The normalized spacial score (nSPS) is 10.4. The maximum absolute atomic E-state index is 13.3. The van der Waals surface area contributed by atoms with E-state index in [1.54, 1.807) is 6.07 Å². The molecule has 0 atom stereocenters. The zero-order valence-corrected chi connectivity index (χ0v) is 9.91. The van der Waals surface area contributed by atoms with Crippen LogP contribution in [0.3, 0.4) is 0 Å². The van der Waals surface area contributed by atoms with Crippen molar-refractivity contribution in [1.29, 1.82) is 0 Å². The number of rotatable bonds is 3. The van der Waals surface area contributed by atoms with Crippen LogP contribution in [-0.2, 0) is 6.61 Å². The van der Waals surface area contributed by atoms with Gasteiger partial charge >= 0.3 is 0 Å². The van der Waals surface area contributed by atoms with E-state index in [1.807, 2.05) is 19.1 Å². The lowest BCUT2D eigenvalue weighted by Gasteiger charge is -2.10. The number of halogens is 2. The number of benzene rings is 2. The maximum Gasteiger partial charge on any atom is 0.167 e. The van der Waals surface area contributed by atoms with E-state index in [-0.39, 0.29) is 12.4 Å². The second-order valence-electron chi connectivity index (χ2n) is 3.99. The lowest BCUT2D eigenvalue weighted by molar-refractivity contribution is 0.288.